The highest BCUT2D eigenvalue weighted by atomic mass is 35.5. The van der Waals surface area contributed by atoms with E-state index in [0.29, 0.717) is 23.9 Å². The third-order valence-corrected chi connectivity index (χ3v) is 2.38. The van der Waals surface area contributed by atoms with Gasteiger partial charge in [-0.1, -0.05) is 30.7 Å². The average Bonchev–Trinajstić information content (AvgIpc) is 2.32. The summed E-state index contributed by atoms with van der Waals surface area (Å²) < 4.78 is 4.98. The largest absolute Gasteiger partial charge is 0.448 e. The number of anilines is 1. The van der Waals surface area contributed by atoms with Crippen LogP contribution in [0, 0.1) is 0 Å². The number of hydrogen-bond acceptors (Lipinski definition) is 3. The first kappa shape index (κ1) is 13.8. The van der Waals surface area contributed by atoms with E-state index in [1.807, 2.05) is 0 Å². The number of para-hydroxylation sites is 1. The Balaban J connectivity index is 2.23. The highest BCUT2D eigenvalue weighted by Crippen LogP contribution is 2.20. The van der Waals surface area contributed by atoms with Gasteiger partial charge in [-0.2, -0.15) is 0 Å². The molecule has 4 nitrogen and oxygen atoms in total. The molecule has 0 spiro atoms. The van der Waals surface area contributed by atoms with E-state index in [1.165, 1.54) is 0 Å². The van der Waals surface area contributed by atoms with E-state index in [2.05, 4.69) is 17.6 Å². The Kier molecular flexibility index (Phi) is 6.43. The Labute approximate surface area is 106 Å². The van der Waals surface area contributed by atoms with Gasteiger partial charge < -0.3 is 10.1 Å². The van der Waals surface area contributed by atoms with Crippen molar-refractivity contribution < 1.29 is 9.53 Å². The Bertz CT molecular complexity index is 358. The zero-order valence-electron chi connectivity index (χ0n) is 9.83. The van der Waals surface area contributed by atoms with Crippen LogP contribution in [0.15, 0.2) is 24.3 Å². The summed E-state index contributed by atoms with van der Waals surface area (Å²) in [6.45, 7) is 4.01. The van der Waals surface area contributed by atoms with Crippen molar-refractivity contribution in [3.8, 4) is 0 Å². The van der Waals surface area contributed by atoms with E-state index in [1.54, 1.807) is 24.3 Å². The van der Waals surface area contributed by atoms with Gasteiger partial charge in [0.1, 0.15) is 6.61 Å². The van der Waals surface area contributed by atoms with Gasteiger partial charge in [0.15, 0.2) is 0 Å². The van der Waals surface area contributed by atoms with Crippen molar-refractivity contribution in [2.75, 3.05) is 25.0 Å². The Morgan fingerprint density at radius 2 is 2.12 bits per heavy atom. The molecule has 0 fully saturated rings. The molecule has 5 heteroatoms. The molecule has 1 aromatic carbocycles. The van der Waals surface area contributed by atoms with Gasteiger partial charge in [0, 0.05) is 6.54 Å². The summed E-state index contributed by atoms with van der Waals surface area (Å²) in [7, 11) is 0. The third-order valence-electron chi connectivity index (χ3n) is 2.05. The standard InChI is InChI=1S/C12H17ClN2O2/c1-2-7-14-8-9-17-12(16)15-11-6-4-3-5-10(11)13/h3-6,14H,2,7-9H2,1H3,(H,15,16). The first-order chi connectivity index (χ1) is 8.24. The zero-order valence-corrected chi connectivity index (χ0v) is 10.6. The van der Waals surface area contributed by atoms with Crippen molar-refractivity contribution in [3.63, 3.8) is 0 Å². The van der Waals surface area contributed by atoms with Gasteiger partial charge in [-0.25, -0.2) is 4.79 Å². The fourth-order valence-corrected chi connectivity index (χ4v) is 1.41. The topological polar surface area (TPSA) is 50.4 Å². The first-order valence-corrected chi connectivity index (χ1v) is 6.01. The molecular formula is C12H17ClN2O2. The highest BCUT2D eigenvalue weighted by Gasteiger charge is 2.05. The summed E-state index contributed by atoms with van der Waals surface area (Å²) >= 11 is 5.89. The minimum Gasteiger partial charge on any atom is -0.448 e. The smallest absolute Gasteiger partial charge is 0.411 e. The number of amides is 1. The van der Waals surface area contributed by atoms with Crippen LogP contribution in [0.25, 0.3) is 0 Å². The van der Waals surface area contributed by atoms with Crippen LogP contribution in [0.3, 0.4) is 0 Å². The number of halogens is 1. The summed E-state index contributed by atoms with van der Waals surface area (Å²) in [4.78, 5) is 11.4. The van der Waals surface area contributed by atoms with Gasteiger partial charge in [-0.3, -0.25) is 5.32 Å². The fraction of sp³-hybridized carbons (Fsp3) is 0.417. The van der Waals surface area contributed by atoms with Gasteiger partial charge in [0.2, 0.25) is 0 Å². The molecule has 1 rings (SSSR count). The highest BCUT2D eigenvalue weighted by molar-refractivity contribution is 6.33. The normalized spacial score (nSPS) is 10.0. The van der Waals surface area contributed by atoms with Gasteiger partial charge in [0.25, 0.3) is 0 Å². The van der Waals surface area contributed by atoms with Crippen LogP contribution in [0.1, 0.15) is 13.3 Å². The quantitative estimate of drug-likeness (QED) is 0.770. The molecule has 0 aliphatic carbocycles. The molecular weight excluding hydrogens is 240 g/mol. The zero-order chi connectivity index (χ0) is 12.5. The van der Waals surface area contributed by atoms with Crippen LogP contribution in [0.4, 0.5) is 10.5 Å². The van der Waals surface area contributed by atoms with Crippen molar-refractivity contribution in [1.82, 2.24) is 5.32 Å². The Hall–Kier alpha value is -1.26. The lowest BCUT2D eigenvalue weighted by molar-refractivity contribution is 0.162. The molecule has 94 valence electrons. The molecule has 17 heavy (non-hydrogen) atoms. The summed E-state index contributed by atoms with van der Waals surface area (Å²) in [6, 6.07) is 7.02. The minimum atomic E-state index is -0.489. The second-order valence-corrected chi connectivity index (χ2v) is 3.90. The second-order valence-electron chi connectivity index (χ2n) is 3.49. The van der Waals surface area contributed by atoms with Gasteiger partial charge in [-0.15, -0.1) is 0 Å². The molecule has 0 heterocycles. The molecule has 0 aromatic heterocycles. The number of ether oxygens (including phenoxy) is 1. The second kappa shape index (κ2) is 7.92. The predicted octanol–water partition coefficient (Wildman–Crippen LogP) is 2.89. The number of rotatable bonds is 6. The van der Waals surface area contributed by atoms with Gasteiger partial charge in [0.05, 0.1) is 10.7 Å². The maximum atomic E-state index is 11.4. The minimum absolute atomic E-state index is 0.344. The molecule has 0 aliphatic rings. The monoisotopic (exact) mass is 256 g/mol. The number of carbonyl (C=O) groups is 1. The van der Waals surface area contributed by atoms with Crippen molar-refractivity contribution in [2.45, 2.75) is 13.3 Å². The number of nitrogens with one attached hydrogen (secondary N) is 2. The van der Waals surface area contributed by atoms with E-state index >= 15 is 0 Å². The maximum absolute atomic E-state index is 11.4. The molecule has 0 atom stereocenters. The molecule has 0 unspecified atom stereocenters. The van der Waals surface area contributed by atoms with Gasteiger partial charge in [-0.05, 0) is 25.1 Å². The lowest BCUT2D eigenvalue weighted by Crippen LogP contribution is -2.23. The van der Waals surface area contributed by atoms with Crippen LogP contribution in [-0.2, 0) is 4.74 Å². The molecule has 0 saturated heterocycles. The summed E-state index contributed by atoms with van der Waals surface area (Å²) in [5.74, 6) is 0. The van der Waals surface area contributed by atoms with E-state index in [-0.39, 0.29) is 0 Å². The van der Waals surface area contributed by atoms with E-state index < -0.39 is 6.09 Å². The van der Waals surface area contributed by atoms with Crippen molar-refractivity contribution in [3.05, 3.63) is 29.3 Å². The predicted molar refractivity (Wildman–Crippen MR) is 69.6 cm³/mol. The molecule has 0 saturated carbocycles. The van der Waals surface area contributed by atoms with E-state index in [4.69, 9.17) is 16.3 Å². The SMILES string of the molecule is CCCNCCOC(=O)Nc1ccccc1Cl. The molecule has 0 aliphatic heterocycles. The first-order valence-electron chi connectivity index (χ1n) is 5.63. The maximum Gasteiger partial charge on any atom is 0.411 e. The molecule has 1 aromatic rings. The Morgan fingerprint density at radius 1 is 1.35 bits per heavy atom. The lowest BCUT2D eigenvalue weighted by Gasteiger charge is -2.08. The number of benzene rings is 1. The van der Waals surface area contributed by atoms with Crippen LogP contribution in [-0.4, -0.2) is 25.8 Å². The third kappa shape index (κ3) is 5.56. The number of hydrogen-bond donors (Lipinski definition) is 2. The van der Waals surface area contributed by atoms with Crippen LogP contribution < -0.4 is 10.6 Å². The molecule has 0 radical (unpaired) electrons. The molecule has 1 amide bonds. The van der Waals surface area contributed by atoms with Crippen molar-refractivity contribution in [1.29, 1.82) is 0 Å². The average molecular weight is 257 g/mol. The Morgan fingerprint density at radius 3 is 2.82 bits per heavy atom. The number of carbonyl (C=O) groups excluding carboxylic acids is 1. The van der Waals surface area contributed by atoms with Crippen LogP contribution >= 0.6 is 11.6 Å². The lowest BCUT2D eigenvalue weighted by atomic mass is 10.3. The summed E-state index contributed by atoms with van der Waals surface area (Å²) in [5, 5.41) is 6.21. The van der Waals surface area contributed by atoms with Crippen LogP contribution in [0.5, 0.6) is 0 Å². The van der Waals surface area contributed by atoms with Gasteiger partial charge >= 0.3 is 6.09 Å². The molecule has 2 N–H and O–H groups in total. The van der Waals surface area contributed by atoms with Crippen molar-refractivity contribution >= 4 is 23.4 Å². The van der Waals surface area contributed by atoms with Crippen molar-refractivity contribution in [2.24, 2.45) is 0 Å². The summed E-state index contributed by atoms with van der Waals surface area (Å²) in [5.41, 5.74) is 0.556. The van der Waals surface area contributed by atoms with Crippen LogP contribution in [0.2, 0.25) is 5.02 Å². The van der Waals surface area contributed by atoms with E-state index in [9.17, 15) is 4.79 Å². The van der Waals surface area contributed by atoms with E-state index in [0.717, 1.165) is 13.0 Å². The fourth-order valence-electron chi connectivity index (χ4n) is 1.23. The molecule has 0 bridgehead atoms. The summed E-state index contributed by atoms with van der Waals surface area (Å²) in [6.07, 6.45) is 0.572.